The average Bonchev–Trinajstić information content (AvgIpc) is 2.44. The Kier molecular flexibility index (Phi) is 7.05. The number of aryl methyl sites for hydroxylation is 1. The summed E-state index contributed by atoms with van der Waals surface area (Å²) in [6, 6.07) is 4.95. The predicted molar refractivity (Wildman–Crippen MR) is 85.9 cm³/mol. The van der Waals surface area contributed by atoms with E-state index < -0.39 is 20.8 Å². The summed E-state index contributed by atoms with van der Waals surface area (Å²) in [5.74, 6) is 6.25. The van der Waals surface area contributed by atoms with E-state index in [9.17, 15) is 12.6 Å². The summed E-state index contributed by atoms with van der Waals surface area (Å²) in [5.41, 5.74) is 6.67. The molecule has 0 aliphatic carbocycles. The first-order valence-electron chi connectivity index (χ1n) is 6.55. The number of nitrogens with one attached hydrogen (secondary N) is 1. The number of hydrogen-bond donors (Lipinski definition) is 2. The van der Waals surface area contributed by atoms with Crippen LogP contribution in [-0.4, -0.2) is 37.2 Å². The van der Waals surface area contributed by atoms with E-state index in [1.54, 1.807) is 19.1 Å². The highest BCUT2D eigenvalue weighted by atomic mass is 32.2. The quantitative estimate of drug-likeness (QED) is 0.738. The fraction of sp³-hybridized carbons (Fsp3) is 0.429. The summed E-state index contributed by atoms with van der Waals surface area (Å²) in [7, 11) is -4.67. The number of rotatable bonds is 6. The van der Waals surface area contributed by atoms with Crippen LogP contribution in [0.1, 0.15) is 18.1 Å². The zero-order valence-electron chi connectivity index (χ0n) is 12.2. The molecular weight excluding hydrogens is 308 g/mol. The van der Waals surface area contributed by atoms with Gasteiger partial charge >= 0.3 is 0 Å². The molecule has 116 valence electrons. The molecule has 1 atom stereocenters. The Morgan fingerprint density at radius 1 is 1.38 bits per heavy atom. The van der Waals surface area contributed by atoms with Gasteiger partial charge in [0.25, 0.3) is 0 Å². The summed E-state index contributed by atoms with van der Waals surface area (Å²) in [6.45, 7) is 3.96. The van der Waals surface area contributed by atoms with Gasteiger partial charge in [-0.15, -0.1) is 0 Å². The predicted octanol–water partition coefficient (Wildman–Crippen LogP) is 0.352. The van der Waals surface area contributed by atoms with Gasteiger partial charge in [0.1, 0.15) is 0 Å². The molecule has 0 heterocycles. The lowest BCUT2D eigenvalue weighted by molar-refractivity contribution is 0.583. The van der Waals surface area contributed by atoms with Crippen molar-refractivity contribution in [1.29, 1.82) is 0 Å². The van der Waals surface area contributed by atoms with Crippen LogP contribution in [0.15, 0.2) is 23.1 Å². The van der Waals surface area contributed by atoms with Crippen molar-refractivity contribution in [3.8, 4) is 11.8 Å². The smallest absolute Gasteiger partial charge is 0.241 e. The van der Waals surface area contributed by atoms with Crippen molar-refractivity contribution in [2.45, 2.75) is 18.7 Å². The molecule has 1 rings (SSSR count). The molecule has 5 nitrogen and oxygen atoms in total. The van der Waals surface area contributed by atoms with Crippen molar-refractivity contribution in [2.75, 3.05) is 24.6 Å². The second-order valence-corrected chi connectivity index (χ2v) is 7.94. The van der Waals surface area contributed by atoms with Gasteiger partial charge in [-0.25, -0.2) is 13.1 Å². The van der Waals surface area contributed by atoms with Crippen LogP contribution in [0.5, 0.6) is 0 Å². The first-order chi connectivity index (χ1) is 9.90. The molecule has 0 spiro atoms. The molecule has 0 fully saturated rings. The molecule has 0 aromatic heterocycles. The lowest BCUT2D eigenvalue weighted by Crippen LogP contribution is -2.28. The van der Waals surface area contributed by atoms with Crippen molar-refractivity contribution in [3.05, 3.63) is 29.3 Å². The third kappa shape index (κ3) is 5.59. The van der Waals surface area contributed by atoms with Crippen molar-refractivity contribution in [2.24, 2.45) is 5.73 Å². The van der Waals surface area contributed by atoms with E-state index in [0.29, 0.717) is 17.1 Å². The van der Waals surface area contributed by atoms with E-state index in [0.717, 1.165) is 5.56 Å². The van der Waals surface area contributed by atoms with Gasteiger partial charge in [0.2, 0.25) is 10.0 Å². The molecule has 7 heteroatoms. The Morgan fingerprint density at radius 2 is 2.10 bits per heavy atom. The minimum Gasteiger partial charge on any atom is -0.320 e. The summed E-state index contributed by atoms with van der Waals surface area (Å²) in [5, 5.41) is 0. The van der Waals surface area contributed by atoms with Crippen LogP contribution < -0.4 is 10.5 Å². The van der Waals surface area contributed by atoms with Crippen LogP contribution in [-0.2, 0) is 20.8 Å². The molecular formula is C14H20N2O3S2. The van der Waals surface area contributed by atoms with E-state index >= 15 is 0 Å². The van der Waals surface area contributed by atoms with E-state index in [1.807, 2.05) is 6.92 Å². The van der Waals surface area contributed by atoms with E-state index in [-0.39, 0.29) is 18.0 Å². The monoisotopic (exact) mass is 328 g/mol. The molecule has 0 saturated carbocycles. The standard InChI is InChI=1S/C14H20N2O3S2/c1-3-20(17)10-9-16-21(18,19)14-7-6-12(2)11-13(14)5-4-8-15/h6-7,11,16H,3,8-10,15H2,1-2H3. The van der Waals surface area contributed by atoms with Crippen molar-refractivity contribution in [1.82, 2.24) is 4.72 Å². The normalized spacial score (nSPS) is 12.5. The van der Waals surface area contributed by atoms with Crippen molar-refractivity contribution < 1.29 is 12.6 Å². The van der Waals surface area contributed by atoms with Gasteiger partial charge < -0.3 is 5.73 Å². The number of nitrogens with two attached hydrogens (primary N) is 1. The maximum atomic E-state index is 12.3. The van der Waals surface area contributed by atoms with Crippen LogP contribution in [0.25, 0.3) is 0 Å². The molecule has 0 bridgehead atoms. The Balaban J connectivity index is 2.99. The lowest BCUT2D eigenvalue weighted by atomic mass is 10.1. The maximum Gasteiger partial charge on any atom is 0.241 e. The Hall–Kier alpha value is -1.20. The third-order valence-electron chi connectivity index (χ3n) is 2.69. The van der Waals surface area contributed by atoms with E-state index in [4.69, 9.17) is 5.73 Å². The van der Waals surface area contributed by atoms with Crippen LogP contribution >= 0.6 is 0 Å². The minimum absolute atomic E-state index is 0.122. The Bertz CT molecular complexity index is 673. The molecule has 1 unspecified atom stereocenters. The maximum absolute atomic E-state index is 12.3. The minimum atomic E-state index is -3.67. The summed E-state index contributed by atoms with van der Waals surface area (Å²) >= 11 is 0. The van der Waals surface area contributed by atoms with Crippen molar-refractivity contribution >= 4 is 20.8 Å². The zero-order valence-corrected chi connectivity index (χ0v) is 13.8. The molecule has 0 amide bonds. The number of hydrogen-bond acceptors (Lipinski definition) is 4. The van der Waals surface area contributed by atoms with E-state index in [2.05, 4.69) is 16.6 Å². The van der Waals surface area contributed by atoms with E-state index in [1.165, 1.54) is 6.07 Å². The Morgan fingerprint density at radius 3 is 2.71 bits per heavy atom. The fourth-order valence-electron chi connectivity index (χ4n) is 1.63. The zero-order chi connectivity index (χ0) is 15.9. The molecule has 21 heavy (non-hydrogen) atoms. The number of benzene rings is 1. The van der Waals surface area contributed by atoms with Gasteiger partial charge in [0.05, 0.1) is 11.4 Å². The van der Waals surface area contributed by atoms with Gasteiger partial charge in [-0.1, -0.05) is 24.8 Å². The third-order valence-corrected chi connectivity index (χ3v) is 5.52. The van der Waals surface area contributed by atoms with Gasteiger partial charge in [0.15, 0.2) is 0 Å². The second-order valence-electron chi connectivity index (χ2n) is 4.34. The first-order valence-corrected chi connectivity index (χ1v) is 9.52. The fourth-order valence-corrected chi connectivity index (χ4v) is 3.55. The highest BCUT2D eigenvalue weighted by Gasteiger charge is 2.17. The molecule has 1 aromatic carbocycles. The number of sulfonamides is 1. The van der Waals surface area contributed by atoms with Crippen LogP contribution in [0.4, 0.5) is 0 Å². The van der Waals surface area contributed by atoms with Crippen LogP contribution in [0.3, 0.4) is 0 Å². The molecule has 0 aliphatic rings. The van der Waals surface area contributed by atoms with Gasteiger partial charge in [-0.2, -0.15) is 0 Å². The van der Waals surface area contributed by atoms with Crippen LogP contribution in [0, 0.1) is 18.8 Å². The Labute approximate surface area is 128 Å². The second kappa shape index (κ2) is 8.29. The summed E-state index contributed by atoms with van der Waals surface area (Å²) < 4.78 is 38.4. The molecule has 0 saturated heterocycles. The SMILES string of the molecule is CCS(=O)CCNS(=O)(=O)c1ccc(C)cc1C#CCN. The molecule has 3 N–H and O–H groups in total. The lowest BCUT2D eigenvalue weighted by Gasteiger charge is -2.09. The van der Waals surface area contributed by atoms with Crippen molar-refractivity contribution in [3.63, 3.8) is 0 Å². The largest absolute Gasteiger partial charge is 0.320 e. The summed E-state index contributed by atoms with van der Waals surface area (Å²) in [4.78, 5) is 0.122. The highest BCUT2D eigenvalue weighted by Crippen LogP contribution is 2.16. The molecule has 1 aromatic rings. The van der Waals surface area contributed by atoms with Gasteiger partial charge in [0, 0.05) is 34.4 Å². The summed E-state index contributed by atoms with van der Waals surface area (Å²) in [6.07, 6.45) is 0. The topological polar surface area (TPSA) is 89.3 Å². The van der Waals surface area contributed by atoms with Crippen LogP contribution in [0.2, 0.25) is 0 Å². The van der Waals surface area contributed by atoms with Gasteiger partial charge in [-0.3, -0.25) is 4.21 Å². The highest BCUT2D eigenvalue weighted by molar-refractivity contribution is 7.89. The molecule has 0 radical (unpaired) electrons. The van der Waals surface area contributed by atoms with Gasteiger partial charge in [-0.05, 0) is 24.6 Å². The average molecular weight is 328 g/mol. The molecule has 0 aliphatic heterocycles. The first kappa shape index (κ1) is 17.9.